The Morgan fingerprint density at radius 1 is 1.07 bits per heavy atom. The van der Waals surface area contributed by atoms with E-state index < -0.39 is 12.1 Å². The standard InChI is InChI=1S/C19H16BrN3O4/c20-16-11-23(10-13-6-8-15(9-7-13)18(24)25)22-17(16)21-19(26)27-12-14-4-2-1-3-5-14/h1-9,11H,10,12H2,(H,24,25)(H,21,22,26). The van der Waals surface area contributed by atoms with E-state index in [2.05, 4.69) is 26.3 Å². The number of ether oxygens (including phenoxy) is 1. The lowest BCUT2D eigenvalue weighted by Gasteiger charge is -2.05. The van der Waals surface area contributed by atoms with E-state index in [1.165, 1.54) is 12.1 Å². The Bertz CT molecular complexity index is 939. The molecule has 2 N–H and O–H groups in total. The number of hydrogen-bond donors (Lipinski definition) is 2. The van der Waals surface area contributed by atoms with E-state index >= 15 is 0 Å². The van der Waals surface area contributed by atoms with Crippen LogP contribution in [0.5, 0.6) is 0 Å². The lowest BCUT2D eigenvalue weighted by molar-refractivity contribution is 0.0697. The van der Waals surface area contributed by atoms with Gasteiger partial charge in [0.15, 0.2) is 5.82 Å². The van der Waals surface area contributed by atoms with Gasteiger partial charge >= 0.3 is 12.1 Å². The second-order valence-electron chi connectivity index (χ2n) is 5.71. The van der Waals surface area contributed by atoms with E-state index in [0.29, 0.717) is 16.8 Å². The number of nitrogens with zero attached hydrogens (tertiary/aromatic N) is 2. The SMILES string of the molecule is O=C(Nc1nn(Cc2ccc(C(=O)O)cc2)cc1Br)OCc1ccccc1. The van der Waals surface area contributed by atoms with Crippen molar-refractivity contribution < 1.29 is 19.4 Å². The fourth-order valence-electron chi connectivity index (χ4n) is 2.36. The van der Waals surface area contributed by atoms with Gasteiger partial charge in [0.2, 0.25) is 0 Å². The molecule has 1 heterocycles. The number of aromatic carboxylic acids is 1. The molecular weight excluding hydrogens is 414 g/mol. The number of carbonyl (C=O) groups is 2. The quantitative estimate of drug-likeness (QED) is 0.613. The summed E-state index contributed by atoms with van der Waals surface area (Å²) < 4.78 is 7.42. The van der Waals surface area contributed by atoms with E-state index in [9.17, 15) is 9.59 Å². The summed E-state index contributed by atoms with van der Waals surface area (Å²) in [7, 11) is 0. The van der Waals surface area contributed by atoms with Gasteiger partial charge in [-0.1, -0.05) is 42.5 Å². The maximum absolute atomic E-state index is 11.9. The molecule has 0 fully saturated rings. The molecule has 0 spiro atoms. The maximum atomic E-state index is 11.9. The molecule has 27 heavy (non-hydrogen) atoms. The van der Waals surface area contributed by atoms with Crippen molar-refractivity contribution in [1.29, 1.82) is 0 Å². The lowest BCUT2D eigenvalue weighted by Crippen LogP contribution is -2.14. The molecule has 8 heteroatoms. The molecule has 0 aliphatic carbocycles. The van der Waals surface area contributed by atoms with Gasteiger partial charge in [-0.15, -0.1) is 0 Å². The molecule has 138 valence electrons. The summed E-state index contributed by atoms with van der Waals surface area (Å²) in [5.41, 5.74) is 2.00. The van der Waals surface area contributed by atoms with Crippen LogP contribution in [-0.2, 0) is 17.9 Å². The predicted octanol–water partition coefficient (Wildman–Crippen LogP) is 4.14. The summed E-state index contributed by atoms with van der Waals surface area (Å²) in [5, 5.41) is 15.8. The Hall–Kier alpha value is -3.13. The molecule has 1 amide bonds. The number of benzene rings is 2. The van der Waals surface area contributed by atoms with Crippen molar-refractivity contribution in [2.24, 2.45) is 0 Å². The fraction of sp³-hybridized carbons (Fsp3) is 0.105. The Morgan fingerprint density at radius 3 is 2.44 bits per heavy atom. The molecule has 2 aromatic carbocycles. The first-order valence-electron chi connectivity index (χ1n) is 8.04. The summed E-state index contributed by atoms with van der Waals surface area (Å²) >= 11 is 3.35. The highest BCUT2D eigenvalue weighted by atomic mass is 79.9. The van der Waals surface area contributed by atoms with Gasteiger partial charge in [-0.3, -0.25) is 10.00 Å². The average Bonchev–Trinajstić information content (AvgIpc) is 3.00. The number of carboxylic acid groups (broad SMARTS) is 1. The topological polar surface area (TPSA) is 93.5 Å². The number of amides is 1. The number of hydrogen-bond acceptors (Lipinski definition) is 4. The molecule has 0 aliphatic rings. The third-order valence-electron chi connectivity index (χ3n) is 3.70. The Kier molecular flexibility index (Phi) is 5.87. The van der Waals surface area contributed by atoms with Gasteiger partial charge in [0.25, 0.3) is 0 Å². The van der Waals surface area contributed by atoms with E-state index in [4.69, 9.17) is 9.84 Å². The van der Waals surface area contributed by atoms with Crippen LogP contribution >= 0.6 is 15.9 Å². The van der Waals surface area contributed by atoms with Crippen molar-refractivity contribution in [3.8, 4) is 0 Å². The normalized spacial score (nSPS) is 10.4. The Labute approximate surface area is 163 Å². The fourth-order valence-corrected chi connectivity index (χ4v) is 2.77. The van der Waals surface area contributed by atoms with Crippen molar-refractivity contribution in [3.63, 3.8) is 0 Å². The van der Waals surface area contributed by atoms with Crippen LogP contribution in [0.4, 0.5) is 10.6 Å². The zero-order valence-corrected chi connectivity index (χ0v) is 15.7. The van der Waals surface area contributed by atoms with Gasteiger partial charge in [0.05, 0.1) is 16.6 Å². The number of rotatable bonds is 6. The van der Waals surface area contributed by atoms with Gasteiger partial charge in [0.1, 0.15) is 6.61 Å². The van der Waals surface area contributed by atoms with E-state index in [0.717, 1.165) is 11.1 Å². The summed E-state index contributed by atoms with van der Waals surface area (Å²) in [6, 6.07) is 15.9. The zero-order chi connectivity index (χ0) is 19.2. The highest BCUT2D eigenvalue weighted by Crippen LogP contribution is 2.21. The molecule has 3 aromatic rings. The van der Waals surface area contributed by atoms with Gasteiger partial charge in [0, 0.05) is 6.20 Å². The van der Waals surface area contributed by atoms with Gasteiger partial charge in [-0.25, -0.2) is 9.59 Å². The van der Waals surface area contributed by atoms with Crippen LogP contribution in [0.2, 0.25) is 0 Å². The van der Waals surface area contributed by atoms with Gasteiger partial charge in [-0.05, 0) is 39.2 Å². The zero-order valence-electron chi connectivity index (χ0n) is 14.1. The molecule has 7 nitrogen and oxygen atoms in total. The molecular formula is C19H16BrN3O4. The molecule has 1 aromatic heterocycles. The molecule has 0 saturated carbocycles. The first kappa shape index (κ1) is 18.7. The highest BCUT2D eigenvalue weighted by Gasteiger charge is 2.12. The van der Waals surface area contributed by atoms with Crippen LogP contribution in [0, 0.1) is 0 Å². The third kappa shape index (κ3) is 5.18. The largest absolute Gasteiger partial charge is 0.478 e. The number of carboxylic acids is 1. The van der Waals surface area contributed by atoms with Crippen LogP contribution in [0.15, 0.2) is 65.3 Å². The molecule has 0 atom stereocenters. The Balaban J connectivity index is 1.58. The second-order valence-corrected chi connectivity index (χ2v) is 6.57. The minimum atomic E-state index is -0.969. The van der Waals surface area contributed by atoms with Crippen LogP contribution in [0.25, 0.3) is 0 Å². The van der Waals surface area contributed by atoms with Crippen molar-refractivity contribution >= 4 is 33.8 Å². The van der Waals surface area contributed by atoms with Crippen LogP contribution in [0.3, 0.4) is 0 Å². The highest BCUT2D eigenvalue weighted by molar-refractivity contribution is 9.10. The molecule has 0 saturated heterocycles. The average molecular weight is 430 g/mol. The van der Waals surface area contributed by atoms with Crippen LogP contribution in [0.1, 0.15) is 21.5 Å². The van der Waals surface area contributed by atoms with Gasteiger partial charge < -0.3 is 9.84 Å². The minimum Gasteiger partial charge on any atom is -0.478 e. The molecule has 0 bridgehead atoms. The van der Waals surface area contributed by atoms with Gasteiger partial charge in [-0.2, -0.15) is 5.10 Å². The summed E-state index contributed by atoms with van der Waals surface area (Å²) in [5.74, 6) is -0.626. The summed E-state index contributed by atoms with van der Waals surface area (Å²) in [6.07, 6.45) is 1.12. The molecule has 0 aliphatic heterocycles. The number of aromatic nitrogens is 2. The Morgan fingerprint density at radius 2 is 1.78 bits per heavy atom. The lowest BCUT2D eigenvalue weighted by atomic mass is 10.1. The third-order valence-corrected chi connectivity index (χ3v) is 4.28. The number of halogens is 1. The van der Waals surface area contributed by atoms with E-state index in [1.54, 1.807) is 23.0 Å². The maximum Gasteiger partial charge on any atom is 0.413 e. The summed E-state index contributed by atoms with van der Waals surface area (Å²) in [4.78, 5) is 22.8. The van der Waals surface area contributed by atoms with Crippen molar-refractivity contribution in [2.45, 2.75) is 13.2 Å². The monoisotopic (exact) mass is 429 g/mol. The van der Waals surface area contributed by atoms with Crippen molar-refractivity contribution in [3.05, 3.63) is 82.0 Å². The van der Waals surface area contributed by atoms with Crippen molar-refractivity contribution in [2.75, 3.05) is 5.32 Å². The van der Waals surface area contributed by atoms with E-state index in [1.807, 2.05) is 30.3 Å². The van der Waals surface area contributed by atoms with E-state index in [-0.39, 0.29) is 12.2 Å². The second kappa shape index (κ2) is 8.50. The smallest absolute Gasteiger partial charge is 0.413 e. The molecule has 3 rings (SSSR count). The molecule has 0 unspecified atom stereocenters. The summed E-state index contributed by atoms with van der Waals surface area (Å²) in [6.45, 7) is 0.597. The first-order chi connectivity index (χ1) is 13.0. The number of nitrogens with one attached hydrogen (secondary N) is 1. The van der Waals surface area contributed by atoms with Crippen molar-refractivity contribution in [1.82, 2.24) is 9.78 Å². The predicted molar refractivity (Wildman–Crippen MR) is 103 cm³/mol. The van der Waals surface area contributed by atoms with Crippen LogP contribution < -0.4 is 5.32 Å². The number of anilines is 1. The molecule has 0 radical (unpaired) electrons. The van der Waals surface area contributed by atoms with Crippen LogP contribution in [-0.4, -0.2) is 26.9 Å². The minimum absolute atomic E-state index is 0.168. The number of carbonyl (C=O) groups excluding carboxylic acids is 1. The first-order valence-corrected chi connectivity index (χ1v) is 8.83.